The van der Waals surface area contributed by atoms with E-state index in [0.29, 0.717) is 23.4 Å². The molecule has 0 fully saturated rings. The molecule has 0 unspecified atom stereocenters. The van der Waals surface area contributed by atoms with Gasteiger partial charge >= 0.3 is 0 Å². The summed E-state index contributed by atoms with van der Waals surface area (Å²) >= 11 is 0. The van der Waals surface area contributed by atoms with Gasteiger partial charge in [0.25, 0.3) is 11.8 Å². The van der Waals surface area contributed by atoms with Crippen LogP contribution in [0.3, 0.4) is 0 Å². The van der Waals surface area contributed by atoms with Gasteiger partial charge in [-0.3, -0.25) is 14.4 Å². The predicted molar refractivity (Wildman–Crippen MR) is 103 cm³/mol. The van der Waals surface area contributed by atoms with Crippen LogP contribution in [0.2, 0.25) is 0 Å². The second kappa shape index (κ2) is 8.76. The number of amides is 2. The lowest BCUT2D eigenvalue weighted by atomic mass is 10.1. The van der Waals surface area contributed by atoms with Crippen molar-refractivity contribution in [2.45, 2.75) is 20.8 Å². The maximum absolute atomic E-state index is 12.5. The lowest BCUT2D eigenvalue weighted by molar-refractivity contribution is -0.115. The van der Waals surface area contributed by atoms with Gasteiger partial charge in [0.1, 0.15) is 0 Å². The van der Waals surface area contributed by atoms with Crippen LogP contribution in [0.5, 0.6) is 0 Å². The zero-order chi connectivity index (χ0) is 19.1. The normalized spacial score (nSPS) is 11.0. The fourth-order valence-electron chi connectivity index (χ4n) is 2.42. The molecule has 0 aromatic heterocycles. The fourth-order valence-corrected chi connectivity index (χ4v) is 2.42. The maximum atomic E-state index is 12.5. The Bertz CT molecular complexity index is 824. The Morgan fingerprint density at radius 3 is 2.12 bits per heavy atom. The summed E-state index contributed by atoms with van der Waals surface area (Å²) in [6.07, 6.45) is 1.33. The monoisotopic (exact) mass is 350 g/mol. The molecule has 0 aliphatic heterocycles. The Morgan fingerprint density at radius 1 is 0.962 bits per heavy atom. The standard InChI is InChI=1S/C21H22N2O3/c1-4-23(19-8-6-5-7-9-19)20(25)14-15(2)21(26)22-18-12-10-17(11-13-18)16(3)24/h5-14H,4H2,1-3H3,(H,22,26)/b15-14-. The molecule has 0 atom stereocenters. The Labute approximate surface area is 153 Å². The van der Waals surface area contributed by atoms with E-state index in [2.05, 4.69) is 5.32 Å². The number of carbonyl (C=O) groups is 3. The quantitative estimate of drug-likeness (QED) is 0.636. The van der Waals surface area contributed by atoms with Crippen molar-refractivity contribution < 1.29 is 14.4 Å². The van der Waals surface area contributed by atoms with E-state index < -0.39 is 0 Å². The zero-order valence-corrected chi connectivity index (χ0v) is 15.2. The number of hydrogen-bond acceptors (Lipinski definition) is 3. The highest BCUT2D eigenvalue weighted by Crippen LogP contribution is 2.15. The van der Waals surface area contributed by atoms with E-state index >= 15 is 0 Å². The van der Waals surface area contributed by atoms with Gasteiger partial charge in [0, 0.05) is 35.1 Å². The first-order valence-electron chi connectivity index (χ1n) is 8.39. The number of hydrogen-bond donors (Lipinski definition) is 1. The Kier molecular flexibility index (Phi) is 6.44. The summed E-state index contributed by atoms with van der Waals surface area (Å²) in [6.45, 7) is 5.46. The van der Waals surface area contributed by atoms with Crippen molar-refractivity contribution in [3.05, 3.63) is 71.8 Å². The van der Waals surface area contributed by atoms with Crippen molar-refractivity contribution in [3.8, 4) is 0 Å². The third-order valence-corrected chi connectivity index (χ3v) is 3.90. The number of para-hydroxylation sites is 1. The molecule has 0 aliphatic carbocycles. The first-order chi connectivity index (χ1) is 12.4. The molecule has 2 amide bonds. The minimum absolute atomic E-state index is 0.0369. The summed E-state index contributed by atoms with van der Waals surface area (Å²) in [7, 11) is 0. The molecule has 2 aromatic carbocycles. The lowest BCUT2D eigenvalue weighted by Crippen LogP contribution is -2.29. The molecule has 134 valence electrons. The van der Waals surface area contributed by atoms with Crippen molar-refractivity contribution in [1.29, 1.82) is 0 Å². The van der Waals surface area contributed by atoms with Crippen LogP contribution in [0.1, 0.15) is 31.1 Å². The molecule has 0 saturated heterocycles. The van der Waals surface area contributed by atoms with Gasteiger partial charge in [-0.25, -0.2) is 0 Å². The number of carbonyl (C=O) groups excluding carboxylic acids is 3. The second-order valence-electron chi connectivity index (χ2n) is 5.83. The molecule has 2 aromatic rings. The highest BCUT2D eigenvalue weighted by atomic mass is 16.2. The lowest BCUT2D eigenvalue weighted by Gasteiger charge is -2.19. The smallest absolute Gasteiger partial charge is 0.251 e. The molecule has 26 heavy (non-hydrogen) atoms. The average molecular weight is 350 g/mol. The minimum atomic E-state index is -0.363. The van der Waals surface area contributed by atoms with Crippen LogP contribution < -0.4 is 10.2 Å². The number of ketones is 1. The van der Waals surface area contributed by atoms with E-state index in [-0.39, 0.29) is 17.6 Å². The second-order valence-corrected chi connectivity index (χ2v) is 5.83. The molecule has 0 bridgehead atoms. The van der Waals surface area contributed by atoms with Crippen molar-refractivity contribution >= 4 is 29.0 Å². The van der Waals surface area contributed by atoms with Crippen LogP contribution in [0, 0.1) is 0 Å². The van der Waals surface area contributed by atoms with E-state index in [4.69, 9.17) is 0 Å². The number of nitrogens with one attached hydrogen (secondary N) is 1. The third-order valence-electron chi connectivity index (χ3n) is 3.90. The summed E-state index contributed by atoms with van der Waals surface area (Å²) in [5, 5.41) is 2.72. The van der Waals surface area contributed by atoms with Crippen LogP contribution >= 0.6 is 0 Å². The first kappa shape index (κ1) is 19.1. The van der Waals surface area contributed by atoms with Gasteiger partial charge in [-0.1, -0.05) is 18.2 Å². The molecular formula is C21H22N2O3. The Balaban J connectivity index is 2.08. The average Bonchev–Trinajstić information content (AvgIpc) is 2.63. The van der Waals surface area contributed by atoms with E-state index in [1.165, 1.54) is 13.0 Å². The van der Waals surface area contributed by atoms with Gasteiger partial charge in [-0.2, -0.15) is 0 Å². The Morgan fingerprint density at radius 2 is 1.58 bits per heavy atom. The number of Topliss-reactive ketones (excluding diaryl/α,β-unsaturated/α-hetero) is 1. The predicted octanol–water partition coefficient (Wildman–Crippen LogP) is 3.83. The van der Waals surface area contributed by atoms with Crippen LogP contribution in [-0.4, -0.2) is 24.1 Å². The Hall–Kier alpha value is -3.21. The summed E-state index contributed by atoms with van der Waals surface area (Å²) in [5.41, 5.74) is 2.23. The van der Waals surface area contributed by atoms with Crippen molar-refractivity contribution in [3.63, 3.8) is 0 Å². The molecule has 0 heterocycles. The number of anilines is 2. The number of rotatable bonds is 6. The van der Waals surface area contributed by atoms with Gasteiger partial charge in [0.05, 0.1) is 0 Å². The van der Waals surface area contributed by atoms with Gasteiger partial charge in [-0.05, 0) is 57.2 Å². The molecule has 0 spiro atoms. The molecule has 0 aliphatic rings. The van der Waals surface area contributed by atoms with E-state index in [0.717, 1.165) is 5.69 Å². The van der Waals surface area contributed by atoms with Gasteiger partial charge in [-0.15, -0.1) is 0 Å². The summed E-state index contributed by atoms with van der Waals surface area (Å²) in [6, 6.07) is 15.9. The van der Waals surface area contributed by atoms with E-state index in [9.17, 15) is 14.4 Å². The largest absolute Gasteiger partial charge is 0.322 e. The molecule has 0 saturated carbocycles. The molecular weight excluding hydrogens is 328 g/mol. The molecule has 5 nitrogen and oxygen atoms in total. The summed E-state index contributed by atoms with van der Waals surface area (Å²) in [4.78, 5) is 37.7. The number of benzene rings is 2. The topological polar surface area (TPSA) is 66.5 Å². The maximum Gasteiger partial charge on any atom is 0.251 e. The van der Waals surface area contributed by atoms with Crippen LogP contribution in [0.25, 0.3) is 0 Å². The molecule has 5 heteroatoms. The van der Waals surface area contributed by atoms with Crippen LogP contribution in [-0.2, 0) is 9.59 Å². The van der Waals surface area contributed by atoms with E-state index in [1.807, 2.05) is 37.3 Å². The van der Waals surface area contributed by atoms with Gasteiger partial charge in [0.15, 0.2) is 5.78 Å². The van der Waals surface area contributed by atoms with E-state index in [1.54, 1.807) is 36.1 Å². The van der Waals surface area contributed by atoms with Gasteiger partial charge < -0.3 is 10.2 Å². The summed E-state index contributed by atoms with van der Waals surface area (Å²) < 4.78 is 0. The SMILES string of the molecule is CCN(C(=O)/C=C(/C)C(=O)Nc1ccc(C(C)=O)cc1)c1ccccc1. The minimum Gasteiger partial charge on any atom is -0.322 e. The fraction of sp³-hybridized carbons (Fsp3) is 0.190. The van der Waals surface area contributed by atoms with Gasteiger partial charge in [0.2, 0.25) is 0 Å². The molecule has 0 radical (unpaired) electrons. The number of nitrogens with zero attached hydrogens (tertiary/aromatic N) is 1. The van der Waals surface area contributed by atoms with Crippen LogP contribution in [0.4, 0.5) is 11.4 Å². The van der Waals surface area contributed by atoms with Crippen molar-refractivity contribution in [2.24, 2.45) is 0 Å². The number of likely N-dealkylation sites (N-methyl/N-ethyl adjacent to an activating group) is 1. The first-order valence-corrected chi connectivity index (χ1v) is 8.39. The van der Waals surface area contributed by atoms with Crippen molar-refractivity contribution in [1.82, 2.24) is 0 Å². The molecule has 2 rings (SSSR count). The highest BCUT2D eigenvalue weighted by molar-refractivity contribution is 6.10. The zero-order valence-electron chi connectivity index (χ0n) is 15.2. The summed E-state index contributed by atoms with van der Waals surface area (Å²) in [5.74, 6) is -0.651. The van der Waals surface area contributed by atoms with Crippen molar-refractivity contribution in [2.75, 3.05) is 16.8 Å². The van der Waals surface area contributed by atoms with Crippen LogP contribution in [0.15, 0.2) is 66.2 Å². The highest BCUT2D eigenvalue weighted by Gasteiger charge is 2.14. The third kappa shape index (κ3) is 4.89. The molecule has 1 N–H and O–H groups in total.